The summed E-state index contributed by atoms with van der Waals surface area (Å²) in [6.45, 7) is 9.41. The molecule has 1 amide bonds. The normalized spacial score (nSPS) is 16.1. The van der Waals surface area contributed by atoms with Gasteiger partial charge < -0.3 is 10.6 Å². The zero-order valence-corrected chi connectivity index (χ0v) is 21.2. The van der Waals surface area contributed by atoms with Gasteiger partial charge in [0.05, 0.1) is 24.0 Å². The lowest BCUT2D eigenvalue weighted by Crippen LogP contribution is -2.35. The van der Waals surface area contributed by atoms with Gasteiger partial charge in [0.25, 0.3) is 5.91 Å². The molecule has 4 heterocycles. The first-order valence-electron chi connectivity index (χ1n) is 11.9. The molecule has 4 rings (SSSR count). The molecule has 1 saturated heterocycles. The molecular formula is C24H31N9OS. The Morgan fingerprint density at radius 3 is 2.89 bits per heavy atom. The highest BCUT2D eigenvalue weighted by molar-refractivity contribution is 7.14. The highest BCUT2D eigenvalue weighted by atomic mass is 32.1. The molecule has 10 nitrogen and oxygen atoms in total. The minimum absolute atomic E-state index is 0.193. The van der Waals surface area contributed by atoms with Crippen molar-refractivity contribution in [3.05, 3.63) is 46.1 Å². The van der Waals surface area contributed by atoms with Crippen LogP contribution in [0.4, 0.5) is 10.9 Å². The summed E-state index contributed by atoms with van der Waals surface area (Å²) < 4.78 is 1.96. The van der Waals surface area contributed by atoms with E-state index in [4.69, 9.17) is 5.26 Å². The molecule has 1 unspecified atom stereocenters. The van der Waals surface area contributed by atoms with E-state index in [-0.39, 0.29) is 11.8 Å². The number of aromatic nitrogens is 5. The standard InChI is InChI=1S/C24H31N9OS/c1-16-12-17(2)33(31-16)10-5-8-26-23(34)21-15-35-24(29-21)30-22-13-20(27-18(3)28-22)19-6-4-9-32(14-19)11-7-25/h12-13,15,19H,4-6,8-11,14H2,1-3H3,(H,26,34)(H,27,28,29,30). The van der Waals surface area contributed by atoms with Crippen molar-refractivity contribution >= 4 is 28.2 Å². The molecular weight excluding hydrogens is 462 g/mol. The predicted molar refractivity (Wildman–Crippen MR) is 135 cm³/mol. The van der Waals surface area contributed by atoms with Crippen LogP contribution < -0.4 is 10.6 Å². The molecule has 184 valence electrons. The minimum Gasteiger partial charge on any atom is -0.351 e. The average molecular weight is 494 g/mol. The molecule has 11 heteroatoms. The minimum atomic E-state index is -0.193. The topological polar surface area (TPSA) is 125 Å². The maximum atomic E-state index is 12.5. The molecule has 0 spiro atoms. The van der Waals surface area contributed by atoms with E-state index < -0.39 is 0 Å². The van der Waals surface area contributed by atoms with E-state index in [0.717, 1.165) is 56.0 Å². The molecule has 0 radical (unpaired) electrons. The van der Waals surface area contributed by atoms with Gasteiger partial charge >= 0.3 is 0 Å². The fourth-order valence-electron chi connectivity index (χ4n) is 4.37. The molecule has 0 saturated carbocycles. The number of aryl methyl sites for hydroxylation is 4. The third-order valence-electron chi connectivity index (χ3n) is 5.98. The highest BCUT2D eigenvalue weighted by Crippen LogP contribution is 2.28. The van der Waals surface area contributed by atoms with E-state index in [0.29, 0.717) is 35.6 Å². The first-order valence-corrected chi connectivity index (χ1v) is 12.8. The number of carbonyl (C=O) groups excluding carboxylic acids is 1. The van der Waals surface area contributed by atoms with Crippen LogP contribution in [0.15, 0.2) is 17.5 Å². The van der Waals surface area contributed by atoms with Crippen molar-refractivity contribution in [3.63, 3.8) is 0 Å². The fourth-order valence-corrected chi connectivity index (χ4v) is 5.07. The van der Waals surface area contributed by atoms with Gasteiger partial charge in [-0.2, -0.15) is 10.4 Å². The molecule has 35 heavy (non-hydrogen) atoms. The van der Waals surface area contributed by atoms with Gasteiger partial charge in [0.2, 0.25) is 0 Å². The van der Waals surface area contributed by atoms with Crippen molar-refractivity contribution in [2.45, 2.75) is 52.5 Å². The maximum Gasteiger partial charge on any atom is 0.270 e. The maximum absolute atomic E-state index is 12.5. The molecule has 1 atom stereocenters. The summed E-state index contributed by atoms with van der Waals surface area (Å²) >= 11 is 1.37. The summed E-state index contributed by atoms with van der Waals surface area (Å²) in [5, 5.41) is 22.0. The van der Waals surface area contributed by atoms with Crippen LogP contribution in [0.5, 0.6) is 0 Å². The van der Waals surface area contributed by atoms with E-state index in [1.165, 1.54) is 11.3 Å². The Morgan fingerprint density at radius 1 is 1.26 bits per heavy atom. The van der Waals surface area contributed by atoms with Gasteiger partial charge in [-0.1, -0.05) is 0 Å². The van der Waals surface area contributed by atoms with Crippen LogP contribution in [0.25, 0.3) is 0 Å². The Labute approximate surface area is 209 Å². The summed E-state index contributed by atoms with van der Waals surface area (Å²) in [7, 11) is 0. The number of piperidine rings is 1. The molecule has 2 N–H and O–H groups in total. The SMILES string of the molecule is Cc1cc(C)n(CCCNC(=O)c2csc(Nc3cc(C4CCCN(CC#N)C4)nc(C)n3)n2)n1. The van der Waals surface area contributed by atoms with Gasteiger partial charge in [-0.3, -0.25) is 14.4 Å². The summed E-state index contributed by atoms with van der Waals surface area (Å²) in [6, 6.07) is 6.24. The van der Waals surface area contributed by atoms with E-state index in [2.05, 4.69) is 41.7 Å². The molecule has 1 fully saturated rings. The molecule has 0 aliphatic carbocycles. The summed E-state index contributed by atoms with van der Waals surface area (Å²) in [6.07, 6.45) is 2.88. The second-order valence-electron chi connectivity index (χ2n) is 8.88. The van der Waals surface area contributed by atoms with Gasteiger partial charge in [-0.05, 0) is 52.6 Å². The van der Waals surface area contributed by atoms with Crippen molar-refractivity contribution < 1.29 is 4.79 Å². The second-order valence-corrected chi connectivity index (χ2v) is 9.74. The Bertz CT molecular complexity index is 1210. The first kappa shape index (κ1) is 24.8. The van der Waals surface area contributed by atoms with Crippen molar-refractivity contribution in [1.82, 2.24) is 34.9 Å². The zero-order valence-electron chi connectivity index (χ0n) is 20.4. The van der Waals surface area contributed by atoms with Crippen LogP contribution in [0, 0.1) is 32.1 Å². The molecule has 1 aliphatic rings. The third kappa shape index (κ3) is 6.61. The van der Waals surface area contributed by atoms with E-state index in [1.54, 1.807) is 5.38 Å². The number of thiazole rings is 1. The van der Waals surface area contributed by atoms with Gasteiger partial charge in [0.1, 0.15) is 17.3 Å². The molecule has 3 aromatic heterocycles. The van der Waals surface area contributed by atoms with Gasteiger partial charge in [-0.15, -0.1) is 11.3 Å². The smallest absolute Gasteiger partial charge is 0.270 e. The predicted octanol–water partition coefficient (Wildman–Crippen LogP) is 3.32. The lowest BCUT2D eigenvalue weighted by Gasteiger charge is -2.30. The molecule has 3 aromatic rings. The molecule has 1 aliphatic heterocycles. The van der Waals surface area contributed by atoms with E-state index >= 15 is 0 Å². The quantitative estimate of drug-likeness (QED) is 0.344. The van der Waals surface area contributed by atoms with Crippen molar-refractivity contribution in [3.8, 4) is 6.07 Å². The number of hydrogen-bond donors (Lipinski definition) is 2. The van der Waals surface area contributed by atoms with Crippen LogP contribution in [-0.2, 0) is 6.54 Å². The lowest BCUT2D eigenvalue weighted by atomic mass is 9.94. The van der Waals surface area contributed by atoms with Crippen LogP contribution in [0.1, 0.15) is 58.6 Å². The second kappa shape index (κ2) is 11.4. The number of amides is 1. The zero-order chi connectivity index (χ0) is 24.8. The number of nitriles is 1. The number of nitrogens with one attached hydrogen (secondary N) is 2. The third-order valence-corrected chi connectivity index (χ3v) is 6.74. The van der Waals surface area contributed by atoms with Crippen LogP contribution in [-0.4, -0.2) is 61.7 Å². The Balaban J connectivity index is 1.32. The number of anilines is 2. The van der Waals surface area contributed by atoms with Crippen LogP contribution >= 0.6 is 11.3 Å². The number of rotatable bonds is 9. The summed E-state index contributed by atoms with van der Waals surface area (Å²) in [4.78, 5) is 28.3. The van der Waals surface area contributed by atoms with E-state index in [9.17, 15) is 4.79 Å². The Kier molecular flexibility index (Phi) is 8.05. The number of carbonyl (C=O) groups is 1. The highest BCUT2D eigenvalue weighted by Gasteiger charge is 2.23. The molecule has 0 bridgehead atoms. The summed E-state index contributed by atoms with van der Waals surface area (Å²) in [5.41, 5.74) is 3.48. The van der Waals surface area contributed by atoms with Crippen molar-refractivity contribution in [2.75, 3.05) is 31.5 Å². The number of nitrogens with zero attached hydrogens (tertiary/aromatic N) is 7. The number of likely N-dealkylation sites (tertiary alicyclic amines) is 1. The average Bonchev–Trinajstić information content (AvgIpc) is 3.42. The van der Waals surface area contributed by atoms with Crippen molar-refractivity contribution in [1.29, 1.82) is 5.26 Å². The van der Waals surface area contributed by atoms with Gasteiger partial charge in [-0.25, -0.2) is 15.0 Å². The fraction of sp³-hybridized carbons (Fsp3) is 0.500. The van der Waals surface area contributed by atoms with Crippen LogP contribution in [0.2, 0.25) is 0 Å². The Hall–Kier alpha value is -3.36. The largest absolute Gasteiger partial charge is 0.351 e. The lowest BCUT2D eigenvalue weighted by molar-refractivity contribution is 0.0948. The number of hydrogen-bond acceptors (Lipinski definition) is 9. The monoisotopic (exact) mass is 493 g/mol. The molecule has 0 aromatic carbocycles. The van der Waals surface area contributed by atoms with Gasteiger partial charge in [0, 0.05) is 42.7 Å². The Morgan fingerprint density at radius 2 is 2.11 bits per heavy atom. The van der Waals surface area contributed by atoms with E-state index in [1.807, 2.05) is 37.6 Å². The van der Waals surface area contributed by atoms with Crippen LogP contribution in [0.3, 0.4) is 0 Å². The summed E-state index contributed by atoms with van der Waals surface area (Å²) in [5.74, 6) is 1.42. The van der Waals surface area contributed by atoms with Crippen molar-refractivity contribution in [2.24, 2.45) is 0 Å². The van der Waals surface area contributed by atoms with Gasteiger partial charge in [0.15, 0.2) is 5.13 Å². The first-order chi connectivity index (χ1) is 16.9.